The van der Waals surface area contributed by atoms with Crippen molar-refractivity contribution in [2.24, 2.45) is 5.92 Å². The molecule has 1 atom stereocenters. The Morgan fingerprint density at radius 3 is 2.57 bits per heavy atom. The lowest BCUT2D eigenvalue weighted by molar-refractivity contribution is -0.139. The first-order valence-electron chi connectivity index (χ1n) is 4.74. The van der Waals surface area contributed by atoms with Crippen molar-refractivity contribution in [2.75, 3.05) is 19.6 Å². The molecule has 0 amide bonds. The number of likely N-dealkylation sites (tertiary alicyclic amines) is 1. The Hall–Kier alpha value is -1.10. The molecule has 0 saturated carbocycles. The maximum atomic E-state index is 10.5. The maximum absolute atomic E-state index is 10.5. The third-order valence-corrected chi connectivity index (χ3v) is 2.43. The molecule has 1 aliphatic heterocycles. The van der Waals surface area contributed by atoms with Crippen LogP contribution in [0.15, 0.2) is 0 Å². The average molecular weight is 201 g/mol. The fraction of sp³-hybridized carbons (Fsp3) is 0.778. The fourth-order valence-electron chi connectivity index (χ4n) is 1.90. The van der Waals surface area contributed by atoms with Gasteiger partial charge in [0.25, 0.3) is 0 Å². The first-order chi connectivity index (χ1) is 6.58. The van der Waals surface area contributed by atoms with Crippen LogP contribution in [0.25, 0.3) is 0 Å². The van der Waals surface area contributed by atoms with Gasteiger partial charge in [-0.3, -0.25) is 14.5 Å². The Morgan fingerprint density at radius 2 is 2.00 bits per heavy atom. The average Bonchev–Trinajstić information content (AvgIpc) is 2.01. The lowest BCUT2D eigenvalue weighted by Gasteiger charge is -2.30. The molecule has 5 nitrogen and oxygen atoms in total. The minimum atomic E-state index is -0.846. The molecule has 1 aliphatic rings. The molecule has 0 aliphatic carbocycles. The van der Waals surface area contributed by atoms with Gasteiger partial charge < -0.3 is 10.2 Å². The van der Waals surface area contributed by atoms with E-state index < -0.39 is 11.9 Å². The molecule has 1 saturated heterocycles. The summed E-state index contributed by atoms with van der Waals surface area (Å²) >= 11 is 0. The second-order valence-electron chi connectivity index (χ2n) is 3.73. The summed E-state index contributed by atoms with van der Waals surface area (Å²) in [5.74, 6) is -1.53. The molecule has 1 rings (SSSR count). The number of aliphatic carboxylic acids is 2. The van der Waals surface area contributed by atoms with Gasteiger partial charge in [-0.25, -0.2) is 0 Å². The van der Waals surface area contributed by atoms with Crippen molar-refractivity contribution in [1.82, 2.24) is 4.90 Å². The van der Waals surface area contributed by atoms with E-state index in [2.05, 4.69) is 0 Å². The standard InChI is InChI=1S/C9H15NO4/c11-8(12)4-7-2-1-3-10(5-7)6-9(13)14/h7H,1-6H2,(H,11,12)(H,13,14). The van der Waals surface area contributed by atoms with Gasteiger partial charge in [0.2, 0.25) is 0 Å². The molecule has 1 heterocycles. The van der Waals surface area contributed by atoms with E-state index in [9.17, 15) is 9.59 Å². The van der Waals surface area contributed by atoms with Gasteiger partial charge in [0, 0.05) is 13.0 Å². The molecule has 0 aromatic heterocycles. The van der Waals surface area contributed by atoms with Gasteiger partial charge in [-0.1, -0.05) is 0 Å². The molecule has 1 fully saturated rings. The highest BCUT2D eigenvalue weighted by atomic mass is 16.4. The molecule has 0 aromatic rings. The van der Waals surface area contributed by atoms with Gasteiger partial charge in [0.05, 0.1) is 6.54 Å². The zero-order chi connectivity index (χ0) is 10.6. The van der Waals surface area contributed by atoms with E-state index in [0.717, 1.165) is 19.4 Å². The quantitative estimate of drug-likeness (QED) is 0.682. The molecule has 0 spiro atoms. The number of carboxylic acids is 2. The Morgan fingerprint density at radius 1 is 1.29 bits per heavy atom. The molecule has 2 N–H and O–H groups in total. The van der Waals surface area contributed by atoms with Crippen LogP contribution in [0.3, 0.4) is 0 Å². The lowest BCUT2D eigenvalue weighted by Crippen LogP contribution is -2.39. The molecule has 0 bridgehead atoms. The second-order valence-corrected chi connectivity index (χ2v) is 3.73. The van der Waals surface area contributed by atoms with Crippen molar-refractivity contribution in [3.8, 4) is 0 Å². The number of piperidine rings is 1. The van der Waals surface area contributed by atoms with Gasteiger partial charge in [-0.15, -0.1) is 0 Å². The number of carboxylic acid groups (broad SMARTS) is 2. The fourth-order valence-corrected chi connectivity index (χ4v) is 1.90. The van der Waals surface area contributed by atoms with Gasteiger partial charge >= 0.3 is 11.9 Å². The zero-order valence-corrected chi connectivity index (χ0v) is 7.98. The van der Waals surface area contributed by atoms with Gasteiger partial charge in [0.1, 0.15) is 0 Å². The van der Waals surface area contributed by atoms with Gasteiger partial charge in [-0.05, 0) is 25.3 Å². The molecule has 14 heavy (non-hydrogen) atoms. The van der Waals surface area contributed by atoms with Crippen LogP contribution < -0.4 is 0 Å². The third kappa shape index (κ3) is 3.74. The van der Waals surface area contributed by atoms with Crippen molar-refractivity contribution in [2.45, 2.75) is 19.3 Å². The maximum Gasteiger partial charge on any atom is 0.317 e. The van der Waals surface area contributed by atoms with Crippen molar-refractivity contribution in [3.05, 3.63) is 0 Å². The van der Waals surface area contributed by atoms with E-state index in [-0.39, 0.29) is 18.9 Å². The Kier molecular flexibility index (Phi) is 3.88. The van der Waals surface area contributed by atoms with E-state index in [1.807, 2.05) is 0 Å². The zero-order valence-electron chi connectivity index (χ0n) is 7.98. The minimum Gasteiger partial charge on any atom is -0.481 e. The highest BCUT2D eigenvalue weighted by Gasteiger charge is 2.22. The lowest BCUT2D eigenvalue weighted by atomic mass is 9.95. The SMILES string of the molecule is O=C(O)CC1CCCN(CC(=O)O)C1. The molecular weight excluding hydrogens is 186 g/mol. The number of nitrogens with zero attached hydrogens (tertiary/aromatic N) is 1. The van der Waals surface area contributed by atoms with Crippen molar-refractivity contribution in [3.63, 3.8) is 0 Å². The first kappa shape index (κ1) is 11.0. The Balaban J connectivity index is 2.35. The van der Waals surface area contributed by atoms with Crippen molar-refractivity contribution >= 4 is 11.9 Å². The van der Waals surface area contributed by atoms with Crippen molar-refractivity contribution in [1.29, 1.82) is 0 Å². The summed E-state index contributed by atoms with van der Waals surface area (Å²) in [7, 11) is 0. The first-order valence-corrected chi connectivity index (χ1v) is 4.74. The molecule has 1 unspecified atom stereocenters. The van der Waals surface area contributed by atoms with E-state index in [1.165, 1.54) is 0 Å². The Labute approximate surface area is 82.3 Å². The van der Waals surface area contributed by atoms with E-state index in [0.29, 0.717) is 6.54 Å². The smallest absolute Gasteiger partial charge is 0.317 e. The summed E-state index contributed by atoms with van der Waals surface area (Å²) in [5.41, 5.74) is 0. The predicted molar refractivity (Wildman–Crippen MR) is 49.1 cm³/mol. The largest absolute Gasteiger partial charge is 0.481 e. The minimum absolute atomic E-state index is 0.0239. The van der Waals surface area contributed by atoms with Crippen LogP contribution in [0.4, 0.5) is 0 Å². The summed E-state index contributed by atoms with van der Waals surface area (Å²) in [4.78, 5) is 22.7. The van der Waals surface area contributed by atoms with Crippen LogP contribution in [0.1, 0.15) is 19.3 Å². The van der Waals surface area contributed by atoms with Crippen LogP contribution >= 0.6 is 0 Å². The number of hydrogen-bond donors (Lipinski definition) is 2. The molecule has 0 radical (unpaired) electrons. The highest BCUT2D eigenvalue weighted by molar-refractivity contribution is 5.69. The van der Waals surface area contributed by atoms with Crippen LogP contribution in [0.2, 0.25) is 0 Å². The van der Waals surface area contributed by atoms with Crippen LogP contribution in [-0.4, -0.2) is 46.7 Å². The topological polar surface area (TPSA) is 77.8 Å². The summed E-state index contributed by atoms with van der Waals surface area (Å²) < 4.78 is 0. The molecular formula is C9H15NO4. The van der Waals surface area contributed by atoms with Crippen molar-refractivity contribution < 1.29 is 19.8 Å². The monoisotopic (exact) mass is 201 g/mol. The third-order valence-electron chi connectivity index (χ3n) is 2.43. The van der Waals surface area contributed by atoms with Gasteiger partial charge in [0.15, 0.2) is 0 Å². The molecule has 5 heteroatoms. The summed E-state index contributed by atoms with van der Waals surface area (Å²) in [6.07, 6.45) is 1.93. The van der Waals surface area contributed by atoms with Gasteiger partial charge in [-0.2, -0.15) is 0 Å². The highest BCUT2D eigenvalue weighted by Crippen LogP contribution is 2.19. The van der Waals surface area contributed by atoms with E-state index in [4.69, 9.17) is 10.2 Å². The Bertz CT molecular complexity index is 207. The molecule has 80 valence electrons. The molecule has 0 aromatic carbocycles. The summed E-state index contributed by atoms with van der Waals surface area (Å²) in [5, 5.41) is 17.2. The number of hydrogen-bond acceptors (Lipinski definition) is 3. The van der Waals surface area contributed by atoms with E-state index in [1.54, 1.807) is 4.90 Å². The van der Waals surface area contributed by atoms with Crippen LogP contribution in [0.5, 0.6) is 0 Å². The van der Waals surface area contributed by atoms with Crippen LogP contribution in [0, 0.1) is 5.92 Å². The summed E-state index contributed by atoms with van der Waals surface area (Å²) in [6, 6.07) is 0. The second kappa shape index (κ2) is 4.95. The van der Waals surface area contributed by atoms with E-state index >= 15 is 0 Å². The number of carbonyl (C=O) groups is 2. The normalized spacial score (nSPS) is 23.3. The summed E-state index contributed by atoms with van der Waals surface area (Å²) in [6.45, 7) is 1.39. The predicted octanol–water partition coefficient (Wildman–Crippen LogP) is 0.258. The number of rotatable bonds is 4. The van der Waals surface area contributed by atoms with Crippen LogP contribution in [-0.2, 0) is 9.59 Å².